The SMILES string of the molecule is CC(C)CN=C(N)NCCC(C)N(C)Cc1ccccc1. The molecule has 0 saturated heterocycles. The van der Waals surface area contributed by atoms with Crippen LogP contribution in [-0.4, -0.2) is 37.0 Å². The van der Waals surface area contributed by atoms with Gasteiger partial charge in [0.25, 0.3) is 0 Å². The van der Waals surface area contributed by atoms with Crippen LogP contribution in [0.2, 0.25) is 0 Å². The number of aliphatic imine (C=N–C) groups is 1. The highest BCUT2D eigenvalue weighted by Gasteiger charge is 2.09. The quantitative estimate of drug-likeness (QED) is 0.571. The second kappa shape index (κ2) is 9.40. The summed E-state index contributed by atoms with van der Waals surface area (Å²) in [4.78, 5) is 6.66. The number of guanidine groups is 1. The largest absolute Gasteiger partial charge is 0.370 e. The zero-order valence-corrected chi connectivity index (χ0v) is 13.8. The van der Waals surface area contributed by atoms with Gasteiger partial charge in [-0.3, -0.25) is 9.89 Å². The van der Waals surface area contributed by atoms with Gasteiger partial charge in [-0.25, -0.2) is 0 Å². The van der Waals surface area contributed by atoms with Gasteiger partial charge in [0.2, 0.25) is 0 Å². The van der Waals surface area contributed by atoms with Crippen molar-refractivity contribution in [2.45, 2.75) is 39.8 Å². The van der Waals surface area contributed by atoms with Gasteiger partial charge in [0.15, 0.2) is 5.96 Å². The van der Waals surface area contributed by atoms with Crippen molar-refractivity contribution < 1.29 is 0 Å². The van der Waals surface area contributed by atoms with E-state index >= 15 is 0 Å². The zero-order chi connectivity index (χ0) is 15.7. The van der Waals surface area contributed by atoms with Crippen LogP contribution in [0.3, 0.4) is 0 Å². The van der Waals surface area contributed by atoms with Crippen LogP contribution in [0.15, 0.2) is 35.3 Å². The lowest BCUT2D eigenvalue weighted by Crippen LogP contribution is -2.37. The van der Waals surface area contributed by atoms with E-state index in [9.17, 15) is 0 Å². The molecule has 4 nitrogen and oxygen atoms in total. The second-order valence-electron chi connectivity index (χ2n) is 6.08. The summed E-state index contributed by atoms with van der Waals surface area (Å²) in [6.45, 7) is 9.12. The molecule has 0 aliphatic heterocycles. The van der Waals surface area contributed by atoms with Crippen LogP contribution in [0.5, 0.6) is 0 Å². The molecule has 0 heterocycles. The average Bonchev–Trinajstić information content (AvgIpc) is 2.46. The Morgan fingerprint density at radius 3 is 2.52 bits per heavy atom. The monoisotopic (exact) mass is 290 g/mol. The fourth-order valence-electron chi connectivity index (χ4n) is 1.99. The smallest absolute Gasteiger partial charge is 0.188 e. The van der Waals surface area contributed by atoms with Crippen molar-refractivity contribution in [3.8, 4) is 0 Å². The van der Waals surface area contributed by atoms with Gasteiger partial charge in [-0.1, -0.05) is 44.2 Å². The Morgan fingerprint density at radius 1 is 1.24 bits per heavy atom. The van der Waals surface area contributed by atoms with Gasteiger partial charge in [-0.05, 0) is 31.9 Å². The number of nitrogens with one attached hydrogen (secondary N) is 1. The Bertz CT molecular complexity index is 414. The molecule has 1 atom stereocenters. The molecule has 0 spiro atoms. The molecule has 0 aliphatic carbocycles. The maximum absolute atomic E-state index is 5.83. The van der Waals surface area contributed by atoms with Crippen molar-refractivity contribution in [2.24, 2.45) is 16.6 Å². The molecule has 0 aliphatic rings. The van der Waals surface area contributed by atoms with E-state index in [-0.39, 0.29) is 0 Å². The summed E-state index contributed by atoms with van der Waals surface area (Å²) in [6.07, 6.45) is 1.04. The molecule has 0 radical (unpaired) electrons. The summed E-state index contributed by atoms with van der Waals surface area (Å²) >= 11 is 0. The van der Waals surface area contributed by atoms with Crippen LogP contribution >= 0.6 is 0 Å². The van der Waals surface area contributed by atoms with Gasteiger partial charge in [0.05, 0.1) is 0 Å². The summed E-state index contributed by atoms with van der Waals surface area (Å²) in [6, 6.07) is 11.0. The molecular weight excluding hydrogens is 260 g/mol. The summed E-state index contributed by atoms with van der Waals surface area (Å²) in [5.41, 5.74) is 7.18. The van der Waals surface area contributed by atoms with Crippen molar-refractivity contribution in [3.05, 3.63) is 35.9 Å². The van der Waals surface area contributed by atoms with Crippen molar-refractivity contribution >= 4 is 5.96 Å². The summed E-state index contributed by atoms with van der Waals surface area (Å²) in [7, 11) is 2.16. The van der Waals surface area contributed by atoms with E-state index in [1.807, 2.05) is 0 Å². The van der Waals surface area contributed by atoms with Crippen LogP contribution in [-0.2, 0) is 6.54 Å². The topological polar surface area (TPSA) is 53.6 Å². The number of rotatable bonds is 8. The average molecular weight is 290 g/mol. The van der Waals surface area contributed by atoms with Crippen LogP contribution in [0.1, 0.15) is 32.8 Å². The fourth-order valence-corrected chi connectivity index (χ4v) is 1.99. The molecule has 118 valence electrons. The minimum absolute atomic E-state index is 0.496. The molecule has 0 bridgehead atoms. The number of nitrogens with zero attached hydrogens (tertiary/aromatic N) is 2. The maximum Gasteiger partial charge on any atom is 0.188 e. The van der Waals surface area contributed by atoms with Crippen molar-refractivity contribution in [3.63, 3.8) is 0 Å². The highest BCUT2D eigenvalue weighted by Crippen LogP contribution is 2.07. The Balaban J connectivity index is 2.26. The van der Waals surface area contributed by atoms with Gasteiger partial charge in [-0.15, -0.1) is 0 Å². The first-order chi connectivity index (χ1) is 9.99. The Kier molecular flexibility index (Phi) is 7.83. The van der Waals surface area contributed by atoms with Crippen LogP contribution in [0.4, 0.5) is 0 Å². The number of hydrogen-bond acceptors (Lipinski definition) is 2. The molecule has 21 heavy (non-hydrogen) atoms. The maximum atomic E-state index is 5.83. The highest BCUT2D eigenvalue weighted by molar-refractivity contribution is 5.77. The molecule has 0 aromatic heterocycles. The van der Waals surface area contributed by atoms with E-state index in [4.69, 9.17) is 5.73 Å². The molecular formula is C17H30N4. The molecule has 1 unspecified atom stereocenters. The van der Waals surface area contributed by atoms with E-state index in [1.54, 1.807) is 0 Å². The lowest BCUT2D eigenvalue weighted by molar-refractivity contribution is 0.239. The number of nitrogens with two attached hydrogens (primary N) is 1. The molecule has 4 heteroatoms. The normalized spacial score (nSPS) is 13.7. The number of benzene rings is 1. The first kappa shape index (κ1) is 17.5. The van der Waals surface area contributed by atoms with Gasteiger partial charge in [-0.2, -0.15) is 0 Å². The highest BCUT2D eigenvalue weighted by atomic mass is 15.1. The standard InChI is InChI=1S/C17H30N4/c1-14(2)12-20-17(18)19-11-10-15(3)21(4)13-16-8-6-5-7-9-16/h5-9,14-15H,10-13H2,1-4H3,(H3,18,19,20). The molecule has 3 N–H and O–H groups in total. The third-order valence-electron chi connectivity index (χ3n) is 3.52. The predicted octanol–water partition coefficient (Wildman–Crippen LogP) is 2.46. The van der Waals surface area contributed by atoms with Gasteiger partial charge >= 0.3 is 0 Å². The minimum Gasteiger partial charge on any atom is -0.370 e. The first-order valence-electron chi connectivity index (χ1n) is 7.77. The van der Waals surface area contributed by atoms with Gasteiger partial charge in [0, 0.05) is 25.7 Å². The second-order valence-corrected chi connectivity index (χ2v) is 6.08. The van der Waals surface area contributed by atoms with Gasteiger partial charge in [0.1, 0.15) is 0 Å². The van der Waals surface area contributed by atoms with Crippen molar-refractivity contribution in [1.82, 2.24) is 10.2 Å². The zero-order valence-electron chi connectivity index (χ0n) is 13.8. The minimum atomic E-state index is 0.496. The Hall–Kier alpha value is -1.55. The molecule has 1 aromatic carbocycles. The van der Waals surface area contributed by atoms with Crippen LogP contribution in [0.25, 0.3) is 0 Å². The van der Waals surface area contributed by atoms with Gasteiger partial charge < -0.3 is 11.1 Å². The van der Waals surface area contributed by atoms with Crippen LogP contribution in [0, 0.1) is 5.92 Å². The van der Waals surface area contributed by atoms with Crippen LogP contribution < -0.4 is 11.1 Å². The van der Waals surface area contributed by atoms with E-state index < -0.39 is 0 Å². The first-order valence-corrected chi connectivity index (χ1v) is 7.77. The Labute approximate surface area is 129 Å². The molecule has 0 saturated carbocycles. The third-order valence-corrected chi connectivity index (χ3v) is 3.52. The Morgan fingerprint density at radius 2 is 1.90 bits per heavy atom. The molecule has 1 rings (SSSR count). The fraction of sp³-hybridized carbons (Fsp3) is 0.588. The molecule has 0 fully saturated rings. The number of hydrogen-bond donors (Lipinski definition) is 2. The van der Waals surface area contributed by atoms with E-state index in [2.05, 4.69) is 73.4 Å². The predicted molar refractivity (Wildman–Crippen MR) is 91.3 cm³/mol. The van der Waals surface area contributed by atoms with E-state index in [1.165, 1.54) is 5.56 Å². The lowest BCUT2D eigenvalue weighted by Gasteiger charge is -2.25. The third kappa shape index (κ3) is 7.71. The summed E-state index contributed by atoms with van der Waals surface area (Å²) in [5.74, 6) is 1.10. The van der Waals surface area contributed by atoms with Crippen molar-refractivity contribution in [1.29, 1.82) is 0 Å². The molecule has 0 amide bonds. The lowest BCUT2D eigenvalue weighted by atomic mass is 10.1. The summed E-state index contributed by atoms with van der Waals surface area (Å²) < 4.78 is 0. The summed E-state index contributed by atoms with van der Waals surface area (Å²) in [5, 5.41) is 3.19. The van der Waals surface area contributed by atoms with E-state index in [0.29, 0.717) is 17.9 Å². The van der Waals surface area contributed by atoms with E-state index in [0.717, 1.165) is 26.1 Å². The molecule has 1 aromatic rings. The van der Waals surface area contributed by atoms with Crippen molar-refractivity contribution in [2.75, 3.05) is 20.1 Å².